The predicted molar refractivity (Wildman–Crippen MR) is 114 cm³/mol. The number of guanidine groups is 1. The second-order valence-corrected chi connectivity index (χ2v) is 8.66. The van der Waals surface area contributed by atoms with Crippen LogP contribution in [-0.2, 0) is 17.9 Å². The lowest BCUT2D eigenvalue weighted by atomic mass is 10.1. The topological polar surface area (TPSA) is 47.9 Å². The zero-order valence-electron chi connectivity index (χ0n) is 16.6. The van der Waals surface area contributed by atoms with E-state index >= 15 is 0 Å². The van der Waals surface area contributed by atoms with E-state index in [0.717, 1.165) is 45.1 Å². The Morgan fingerprint density at radius 1 is 1.22 bits per heavy atom. The van der Waals surface area contributed by atoms with Crippen molar-refractivity contribution in [1.82, 2.24) is 15.1 Å². The largest absolute Gasteiger partial charge is 0.357 e. The molecule has 0 aliphatic carbocycles. The monoisotopic (exact) mass is 388 g/mol. The Hall–Kier alpha value is -1.69. The summed E-state index contributed by atoms with van der Waals surface area (Å²) in [5.41, 5.74) is 2.41. The number of carbonyl (C=O) groups is 1. The van der Waals surface area contributed by atoms with Crippen LogP contribution in [0, 0.1) is 0 Å². The molecule has 6 heteroatoms. The van der Waals surface area contributed by atoms with Crippen molar-refractivity contribution in [3.05, 3.63) is 35.4 Å². The van der Waals surface area contributed by atoms with Crippen molar-refractivity contribution in [1.29, 1.82) is 0 Å². The minimum atomic E-state index is 0.282. The van der Waals surface area contributed by atoms with Crippen LogP contribution in [0.2, 0.25) is 0 Å². The number of likely N-dealkylation sites (tertiary alicyclic amines) is 1. The van der Waals surface area contributed by atoms with Gasteiger partial charge in [-0.15, -0.1) is 0 Å². The van der Waals surface area contributed by atoms with Gasteiger partial charge in [-0.05, 0) is 30.9 Å². The third-order valence-electron chi connectivity index (χ3n) is 5.21. The highest BCUT2D eigenvalue weighted by atomic mass is 32.2. The zero-order valence-corrected chi connectivity index (χ0v) is 17.4. The number of nitrogens with one attached hydrogen (secondary N) is 1. The minimum absolute atomic E-state index is 0.282. The third-order valence-corrected chi connectivity index (χ3v) is 6.58. The second kappa shape index (κ2) is 10.0. The van der Waals surface area contributed by atoms with Gasteiger partial charge in [-0.2, -0.15) is 11.8 Å². The number of hydrogen-bond donors (Lipinski definition) is 1. The van der Waals surface area contributed by atoms with Crippen LogP contribution in [0.3, 0.4) is 0 Å². The summed E-state index contributed by atoms with van der Waals surface area (Å²) in [6, 6.07) is 8.55. The summed E-state index contributed by atoms with van der Waals surface area (Å²) in [4.78, 5) is 21.0. The van der Waals surface area contributed by atoms with E-state index < -0.39 is 0 Å². The van der Waals surface area contributed by atoms with Crippen molar-refractivity contribution in [3.63, 3.8) is 0 Å². The molecule has 0 radical (unpaired) electrons. The van der Waals surface area contributed by atoms with Gasteiger partial charge in [-0.3, -0.25) is 4.79 Å². The van der Waals surface area contributed by atoms with E-state index in [1.54, 1.807) is 0 Å². The Balaban J connectivity index is 1.59. The van der Waals surface area contributed by atoms with Gasteiger partial charge < -0.3 is 15.1 Å². The number of hydrogen-bond acceptors (Lipinski definition) is 3. The molecule has 0 saturated carbocycles. The van der Waals surface area contributed by atoms with Crippen LogP contribution >= 0.6 is 11.8 Å². The molecule has 148 valence electrons. The van der Waals surface area contributed by atoms with Crippen molar-refractivity contribution in [3.8, 4) is 0 Å². The molecule has 5 nitrogen and oxygen atoms in total. The Labute approximate surface area is 167 Å². The van der Waals surface area contributed by atoms with Crippen LogP contribution in [0.1, 0.15) is 44.2 Å². The molecule has 2 fully saturated rings. The van der Waals surface area contributed by atoms with Gasteiger partial charge in [0.05, 0.1) is 6.54 Å². The van der Waals surface area contributed by atoms with Crippen molar-refractivity contribution in [2.45, 2.75) is 51.4 Å². The fourth-order valence-electron chi connectivity index (χ4n) is 3.59. The lowest BCUT2D eigenvalue weighted by Crippen LogP contribution is -2.48. The van der Waals surface area contributed by atoms with E-state index in [-0.39, 0.29) is 5.91 Å². The summed E-state index contributed by atoms with van der Waals surface area (Å²) >= 11 is 2.08. The molecule has 1 atom stereocenters. The van der Waals surface area contributed by atoms with Gasteiger partial charge >= 0.3 is 0 Å². The first-order valence-electron chi connectivity index (χ1n) is 10.2. The number of thioether (sulfide) groups is 1. The highest BCUT2D eigenvalue weighted by Crippen LogP contribution is 2.21. The fourth-order valence-corrected chi connectivity index (χ4v) is 4.77. The predicted octanol–water partition coefficient (Wildman–Crippen LogP) is 3.10. The molecule has 0 aromatic heterocycles. The summed E-state index contributed by atoms with van der Waals surface area (Å²) < 4.78 is 0. The minimum Gasteiger partial charge on any atom is -0.357 e. The quantitative estimate of drug-likeness (QED) is 0.601. The molecule has 2 heterocycles. The lowest BCUT2D eigenvalue weighted by molar-refractivity contribution is -0.128. The molecule has 0 bridgehead atoms. The summed E-state index contributed by atoms with van der Waals surface area (Å²) in [5.74, 6) is 2.49. The van der Waals surface area contributed by atoms with Crippen molar-refractivity contribution in [2.24, 2.45) is 4.99 Å². The Kier molecular flexibility index (Phi) is 7.44. The van der Waals surface area contributed by atoms with Crippen LogP contribution in [0.25, 0.3) is 0 Å². The molecular formula is C21H32N4OS. The molecular weight excluding hydrogens is 356 g/mol. The second-order valence-electron chi connectivity index (χ2n) is 7.25. The van der Waals surface area contributed by atoms with Crippen LogP contribution < -0.4 is 5.32 Å². The molecule has 1 aromatic rings. The van der Waals surface area contributed by atoms with Crippen molar-refractivity contribution >= 4 is 23.6 Å². The van der Waals surface area contributed by atoms with E-state index in [1.807, 2.05) is 4.90 Å². The lowest BCUT2D eigenvalue weighted by Gasteiger charge is -2.34. The molecule has 27 heavy (non-hydrogen) atoms. The van der Waals surface area contributed by atoms with E-state index in [9.17, 15) is 4.79 Å². The van der Waals surface area contributed by atoms with Gasteiger partial charge in [0.25, 0.3) is 0 Å². The summed E-state index contributed by atoms with van der Waals surface area (Å²) in [6.45, 7) is 9.74. The molecule has 1 amide bonds. The normalized spacial score (nSPS) is 21.0. The molecule has 1 unspecified atom stereocenters. The SMILES string of the molecule is CCNC(=NCc1ccc(CN2CCCC2=O)cc1)N1CCSC(CC)C1. The van der Waals surface area contributed by atoms with Gasteiger partial charge in [0.15, 0.2) is 5.96 Å². The maximum atomic E-state index is 11.8. The Morgan fingerprint density at radius 3 is 2.67 bits per heavy atom. The van der Waals surface area contributed by atoms with E-state index in [0.29, 0.717) is 18.2 Å². The van der Waals surface area contributed by atoms with Gasteiger partial charge in [0.2, 0.25) is 5.91 Å². The fraction of sp³-hybridized carbons (Fsp3) is 0.619. The van der Waals surface area contributed by atoms with Crippen molar-refractivity contribution in [2.75, 3.05) is 31.9 Å². The van der Waals surface area contributed by atoms with E-state index in [1.165, 1.54) is 23.3 Å². The van der Waals surface area contributed by atoms with Crippen LogP contribution in [0.4, 0.5) is 0 Å². The zero-order chi connectivity index (χ0) is 19.1. The average Bonchev–Trinajstić information content (AvgIpc) is 3.11. The first-order valence-corrected chi connectivity index (χ1v) is 11.2. The average molecular weight is 389 g/mol. The Bertz CT molecular complexity index is 646. The summed E-state index contributed by atoms with van der Waals surface area (Å²) in [6.07, 6.45) is 2.90. The van der Waals surface area contributed by atoms with Gasteiger partial charge in [0, 0.05) is 50.1 Å². The standard InChI is InChI=1S/C21H32N4OS/c1-3-19-16-25(12-13-27-19)21(22-4-2)23-14-17-7-9-18(10-8-17)15-24-11-5-6-20(24)26/h7-10,19H,3-6,11-16H2,1-2H3,(H,22,23). The third kappa shape index (κ3) is 5.64. The summed E-state index contributed by atoms with van der Waals surface area (Å²) in [5, 5.41) is 4.16. The highest BCUT2D eigenvalue weighted by Gasteiger charge is 2.21. The molecule has 0 spiro atoms. The first-order chi connectivity index (χ1) is 13.2. The number of nitrogens with zero attached hydrogens (tertiary/aromatic N) is 3. The molecule has 2 saturated heterocycles. The van der Waals surface area contributed by atoms with Crippen molar-refractivity contribution < 1.29 is 4.79 Å². The number of rotatable bonds is 6. The van der Waals surface area contributed by atoms with E-state index in [2.05, 4.69) is 60.1 Å². The molecule has 1 aromatic carbocycles. The van der Waals surface area contributed by atoms with E-state index in [4.69, 9.17) is 4.99 Å². The number of aliphatic imine (C=N–C) groups is 1. The molecule has 1 N–H and O–H groups in total. The number of benzene rings is 1. The maximum Gasteiger partial charge on any atom is 0.222 e. The van der Waals surface area contributed by atoms with Gasteiger partial charge in [-0.1, -0.05) is 31.2 Å². The smallest absolute Gasteiger partial charge is 0.222 e. The molecule has 2 aliphatic rings. The van der Waals surface area contributed by atoms with Gasteiger partial charge in [0.1, 0.15) is 0 Å². The van der Waals surface area contributed by atoms with Crippen LogP contribution in [0.15, 0.2) is 29.3 Å². The number of carbonyl (C=O) groups excluding carboxylic acids is 1. The van der Waals surface area contributed by atoms with Gasteiger partial charge in [-0.25, -0.2) is 4.99 Å². The highest BCUT2D eigenvalue weighted by molar-refractivity contribution is 8.00. The Morgan fingerprint density at radius 2 is 2.00 bits per heavy atom. The van der Waals surface area contributed by atoms with Crippen LogP contribution in [0.5, 0.6) is 0 Å². The number of amides is 1. The molecule has 3 rings (SSSR count). The summed E-state index contributed by atoms with van der Waals surface area (Å²) in [7, 11) is 0. The van der Waals surface area contributed by atoms with Crippen LogP contribution in [-0.4, -0.2) is 58.8 Å². The molecule has 2 aliphatic heterocycles. The maximum absolute atomic E-state index is 11.8. The first kappa shape index (κ1) is 20.1.